The average molecular weight is 541 g/mol. The van der Waals surface area contributed by atoms with E-state index in [1.165, 1.54) is 41.3 Å². The molecule has 0 aliphatic heterocycles. The first-order valence-electron chi connectivity index (χ1n) is 8.61. The Morgan fingerprint density at radius 3 is 2.58 bits per heavy atom. The van der Waals surface area contributed by atoms with Crippen LogP contribution in [0.15, 0.2) is 73.1 Å². The van der Waals surface area contributed by atoms with Crippen LogP contribution in [0.25, 0.3) is 0 Å². The molecule has 0 unspecified atom stereocenters. The number of nitrogens with zero attached hydrogens (tertiary/aromatic N) is 1. The third kappa shape index (κ3) is 4.87. The number of benzene rings is 2. The molecule has 0 spiro atoms. The predicted molar refractivity (Wildman–Crippen MR) is 128 cm³/mol. The molecule has 3 aromatic rings. The van der Waals surface area contributed by atoms with Gasteiger partial charge in [-0.25, -0.2) is 0 Å². The summed E-state index contributed by atoms with van der Waals surface area (Å²) < 4.78 is 18.3. The average Bonchev–Trinajstić information content (AvgIpc) is 3.19. The Hall–Kier alpha value is -2.54. The number of amidine groups is 1. The topological polar surface area (TPSA) is 139 Å². The molecule has 4 N–H and O–H groups in total. The van der Waals surface area contributed by atoms with E-state index in [2.05, 4.69) is 20.7 Å². The molecule has 31 heavy (non-hydrogen) atoms. The fourth-order valence-electron chi connectivity index (χ4n) is 2.77. The summed E-state index contributed by atoms with van der Waals surface area (Å²) in [4.78, 5) is 24.6. The first-order chi connectivity index (χ1) is 14.7. The molecule has 8 nitrogen and oxygen atoms in total. The maximum Gasteiger partial charge on any atom is 0.270 e. The van der Waals surface area contributed by atoms with Gasteiger partial charge >= 0.3 is 0 Å². The highest BCUT2D eigenvalue weighted by Crippen LogP contribution is 2.40. The molecule has 0 saturated heterocycles. The van der Waals surface area contributed by atoms with Crippen LogP contribution >= 0.6 is 39.0 Å². The van der Waals surface area contributed by atoms with Crippen LogP contribution in [0, 0.1) is 15.5 Å². The number of nitro groups is 1. The number of nitrogens with one attached hydrogen (secondary N) is 2. The highest BCUT2D eigenvalue weighted by Gasteiger charge is 2.29. The van der Waals surface area contributed by atoms with E-state index in [1.807, 2.05) is 0 Å². The van der Waals surface area contributed by atoms with Gasteiger partial charge in [0, 0.05) is 37.2 Å². The molecule has 1 heterocycles. The number of amides is 1. The lowest BCUT2D eigenvalue weighted by atomic mass is 10.2. The Kier molecular flexibility index (Phi) is 6.94. The number of nitrogen functional groups attached to an aromatic ring is 1. The number of nitro benzene ring substituents is 1. The van der Waals surface area contributed by atoms with Crippen LogP contribution in [-0.4, -0.2) is 27.1 Å². The quantitative estimate of drug-likeness (QED) is 0.0883. The van der Waals surface area contributed by atoms with E-state index in [0.29, 0.717) is 23.4 Å². The van der Waals surface area contributed by atoms with Crippen molar-refractivity contribution in [3.8, 4) is 0 Å². The number of hydrogen-bond acceptors (Lipinski definition) is 7. The fraction of sp³-hybridized carbons (Fsp3) is 0.0526. The zero-order valence-corrected chi connectivity index (χ0v) is 20.1. The molecule has 12 heteroatoms. The van der Waals surface area contributed by atoms with Crippen molar-refractivity contribution in [1.82, 2.24) is 4.72 Å². The molecular formula is C19H17BrN4O4S3. The number of carbonyl (C=O) groups excluding carboxylic acids is 1. The van der Waals surface area contributed by atoms with Crippen LogP contribution in [0.5, 0.6) is 0 Å². The maximum atomic E-state index is 14.4. The summed E-state index contributed by atoms with van der Waals surface area (Å²) in [6.45, 7) is 0. The Morgan fingerprint density at radius 1 is 1.26 bits per heavy atom. The summed E-state index contributed by atoms with van der Waals surface area (Å²) in [5.41, 5.74) is 5.40. The van der Waals surface area contributed by atoms with Crippen molar-refractivity contribution in [2.45, 2.75) is 14.0 Å². The van der Waals surface area contributed by atoms with E-state index in [-0.39, 0.29) is 17.1 Å². The van der Waals surface area contributed by atoms with Crippen molar-refractivity contribution in [3.63, 3.8) is 0 Å². The fourth-order valence-corrected chi connectivity index (χ4v) is 8.26. The van der Waals surface area contributed by atoms with Gasteiger partial charge in [-0.15, -0.1) is 23.1 Å². The van der Waals surface area contributed by atoms with Gasteiger partial charge < -0.3 is 5.73 Å². The van der Waals surface area contributed by atoms with Crippen LogP contribution in [0.4, 0.5) is 5.69 Å². The number of thiol groups is 1. The standard InChI is InChI=1S/C19H17BrN4O4S3/c1-29-19-16(10-15(30-19)17(21)22)31(28,14-7-3-5-12(20)9-14)23-18(25)11-4-2-6-13(8-11)24(26)27/h2-10,31H,1H3,(H3,21,22)(H,23,25,28). The monoisotopic (exact) mass is 540 g/mol. The van der Waals surface area contributed by atoms with E-state index in [0.717, 1.165) is 6.07 Å². The molecule has 0 atom stereocenters. The Balaban J connectivity index is 2.15. The van der Waals surface area contributed by atoms with Crippen LogP contribution in [0.2, 0.25) is 0 Å². The van der Waals surface area contributed by atoms with Crippen LogP contribution in [-0.2, 0) is 10.1 Å². The molecule has 0 saturated carbocycles. The minimum absolute atomic E-state index is 0.0112. The minimum atomic E-state index is -3.75. The van der Waals surface area contributed by atoms with E-state index in [9.17, 15) is 19.1 Å². The highest BCUT2D eigenvalue weighted by molar-refractivity contribution is 9.10. The smallest absolute Gasteiger partial charge is 0.270 e. The summed E-state index contributed by atoms with van der Waals surface area (Å²) in [6.07, 6.45) is 1.80. The molecule has 0 aliphatic carbocycles. The van der Waals surface area contributed by atoms with Gasteiger partial charge in [0.15, 0.2) is 0 Å². The molecule has 0 fully saturated rings. The number of hydrogen-bond donors (Lipinski definition) is 4. The van der Waals surface area contributed by atoms with E-state index >= 15 is 0 Å². The second kappa shape index (κ2) is 9.30. The molecular weight excluding hydrogens is 524 g/mol. The summed E-state index contributed by atoms with van der Waals surface area (Å²) >= 11 is 5.90. The van der Waals surface area contributed by atoms with E-state index in [4.69, 9.17) is 11.1 Å². The number of thioether (sulfide) groups is 1. The van der Waals surface area contributed by atoms with Gasteiger partial charge in [0.05, 0.1) is 18.9 Å². The third-order valence-corrected chi connectivity index (χ3v) is 9.87. The normalized spacial score (nSPS) is 11.7. The largest absolute Gasteiger partial charge is 0.383 e. The molecule has 1 aromatic heterocycles. The van der Waals surface area contributed by atoms with Gasteiger partial charge in [-0.2, -0.15) is 0 Å². The molecule has 0 bridgehead atoms. The summed E-state index contributed by atoms with van der Waals surface area (Å²) in [5, 5.41) is 18.8. The molecule has 0 radical (unpaired) electrons. The minimum Gasteiger partial charge on any atom is -0.383 e. The predicted octanol–water partition coefficient (Wildman–Crippen LogP) is 4.20. The van der Waals surface area contributed by atoms with Crippen LogP contribution < -0.4 is 10.5 Å². The number of halogens is 1. The van der Waals surface area contributed by atoms with E-state index < -0.39 is 20.9 Å². The lowest BCUT2D eigenvalue weighted by Crippen LogP contribution is -2.37. The number of rotatable bonds is 7. The highest BCUT2D eigenvalue weighted by atomic mass is 79.9. The summed E-state index contributed by atoms with van der Waals surface area (Å²) in [7, 11) is -3.75. The van der Waals surface area contributed by atoms with Crippen molar-refractivity contribution < 1.29 is 13.9 Å². The van der Waals surface area contributed by atoms with Crippen molar-refractivity contribution in [3.05, 3.63) is 79.6 Å². The Morgan fingerprint density at radius 2 is 1.97 bits per heavy atom. The molecule has 1 amide bonds. The van der Waals surface area contributed by atoms with Crippen molar-refractivity contribution >= 4 is 66.6 Å². The Labute approximate surface area is 195 Å². The zero-order chi connectivity index (χ0) is 22.8. The third-order valence-electron chi connectivity index (χ3n) is 4.22. The first-order valence-corrected chi connectivity index (χ1v) is 13.2. The van der Waals surface area contributed by atoms with Crippen molar-refractivity contribution in [2.75, 3.05) is 6.26 Å². The van der Waals surface area contributed by atoms with Gasteiger partial charge in [0.25, 0.3) is 11.6 Å². The van der Waals surface area contributed by atoms with E-state index in [1.54, 1.807) is 36.6 Å². The molecule has 162 valence electrons. The van der Waals surface area contributed by atoms with Gasteiger partial charge in [0.2, 0.25) is 0 Å². The van der Waals surface area contributed by atoms with Gasteiger partial charge in [-0.1, -0.05) is 28.1 Å². The van der Waals surface area contributed by atoms with Crippen LogP contribution in [0.1, 0.15) is 15.2 Å². The van der Waals surface area contributed by atoms with Crippen molar-refractivity contribution in [1.29, 1.82) is 5.41 Å². The maximum absolute atomic E-state index is 14.4. The van der Waals surface area contributed by atoms with Gasteiger partial charge in [0.1, 0.15) is 5.84 Å². The number of carbonyl (C=O) groups is 1. The van der Waals surface area contributed by atoms with Gasteiger partial charge in [-0.05, 0) is 36.6 Å². The van der Waals surface area contributed by atoms with Crippen molar-refractivity contribution in [2.24, 2.45) is 5.73 Å². The first kappa shape index (κ1) is 23.1. The molecule has 0 aliphatic rings. The SMILES string of the molecule is CSc1sc(C(=N)N)cc1[SH](=O)(NC(=O)c1cccc([N+](=O)[O-])c1)c1cccc(Br)c1. The number of thiophene rings is 1. The molecule has 3 rings (SSSR count). The zero-order valence-electron chi connectivity index (χ0n) is 16.0. The number of non-ortho nitro benzene ring substituents is 1. The van der Waals surface area contributed by atoms with Crippen LogP contribution in [0.3, 0.4) is 0 Å². The van der Waals surface area contributed by atoms with Gasteiger partial charge in [-0.3, -0.25) is 29.2 Å². The lowest BCUT2D eigenvalue weighted by Gasteiger charge is -2.26. The second-order valence-corrected chi connectivity index (χ2v) is 11.7. The summed E-state index contributed by atoms with van der Waals surface area (Å²) in [5.74, 6) is -0.882. The molecule has 2 aromatic carbocycles. The Bertz CT molecular complexity index is 1240. The second-order valence-electron chi connectivity index (χ2n) is 6.24. The summed E-state index contributed by atoms with van der Waals surface area (Å²) in [6, 6.07) is 13.5. The number of nitrogens with two attached hydrogens (primary N) is 1. The lowest BCUT2D eigenvalue weighted by molar-refractivity contribution is -0.384.